The standard InChI is InChI=1S/C15H21N3OS/c1-11-5-3-4-6-14(11)17-18-15(20)16-12-7-9-13(19-2)10-8-12/h7-11H,3-6H2,1-2H3,(H2,16,18,20)/t11-/m0/s1. The third-order valence-electron chi connectivity index (χ3n) is 3.54. The van der Waals surface area contributed by atoms with Crippen molar-refractivity contribution in [2.24, 2.45) is 11.0 Å². The largest absolute Gasteiger partial charge is 0.497 e. The number of hydrazone groups is 1. The summed E-state index contributed by atoms with van der Waals surface area (Å²) in [5.41, 5.74) is 5.07. The number of thiocarbonyl (C=S) groups is 1. The molecule has 20 heavy (non-hydrogen) atoms. The van der Waals surface area contributed by atoms with Gasteiger partial charge in [-0.05, 0) is 61.7 Å². The summed E-state index contributed by atoms with van der Waals surface area (Å²) in [4.78, 5) is 0. The molecule has 0 radical (unpaired) electrons. The van der Waals surface area contributed by atoms with Gasteiger partial charge in [-0.25, -0.2) is 0 Å². The van der Waals surface area contributed by atoms with Gasteiger partial charge in [-0.2, -0.15) is 5.10 Å². The van der Waals surface area contributed by atoms with E-state index in [4.69, 9.17) is 17.0 Å². The molecule has 2 rings (SSSR count). The second kappa shape index (κ2) is 7.24. The number of anilines is 1. The van der Waals surface area contributed by atoms with Gasteiger partial charge >= 0.3 is 0 Å². The first-order valence-electron chi connectivity index (χ1n) is 6.96. The van der Waals surface area contributed by atoms with Gasteiger partial charge in [-0.1, -0.05) is 13.3 Å². The topological polar surface area (TPSA) is 45.6 Å². The lowest BCUT2D eigenvalue weighted by molar-refractivity contribution is 0.415. The first-order valence-corrected chi connectivity index (χ1v) is 7.37. The molecule has 5 heteroatoms. The number of hydrogen-bond acceptors (Lipinski definition) is 3. The molecule has 1 aliphatic rings. The maximum absolute atomic E-state index is 5.24. The molecule has 0 heterocycles. The van der Waals surface area contributed by atoms with E-state index < -0.39 is 0 Å². The highest BCUT2D eigenvalue weighted by Crippen LogP contribution is 2.20. The van der Waals surface area contributed by atoms with Crippen molar-refractivity contribution in [3.05, 3.63) is 24.3 Å². The van der Waals surface area contributed by atoms with E-state index in [-0.39, 0.29) is 0 Å². The van der Waals surface area contributed by atoms with Crippen LogP contribution < -0.4 is 15.5 Å². The van der Waals surface area contributed by atoms with Gasteiger partial charge in [0, 0.05) is 11.4 Å². The van der Waals surface area contributed by atoms with Crippen LogP contribution in [0.4, 0.5) is 5.69 Å². The van der Waals surface area contributed by atoms with Gasteiger partial charge in [-0.3, -0.25) is 5.43 Å². The molecule has 2 N–H and O–H groups in total. The van der Waals surface area contributed by atoms with E-state index >= 15 is 0 Å². The molecule has 1 fully saturated rings. The van der Waals surface area contributed by atoms with Crippen LogP contribution in [0.5, 0.6) is 5.75 Å². The number of nitrogens with one attached hydrogen (secondary N) is 2. The zero-order valence-corrected chi connectivity index (χ0v) is 12.8. The molecular formula is C15H21N3OS. The minimum atomic E-state index is 0.514. The molecule has 0 aliphatic heterocycles. The van der Waals surface area contributed by atoms with Crippen molar-refractivity contribution in [2.45, 2.75) is 32.6 Å². The van der Waals surface area contributed by atoms with Gasteiger partial charge in [0.2, 0.25) is 0 Å². The summed E-state index contributed by atoms with van der Waals surface area (Å²) in [6.45, 7) is 2.22. The maximum atomic E-state index is 5.24. The van der Waals surface area contributed by atoms with Gasteiger partial charge < -0.3 is 10.1 Å². The highest BCUT2D eigenvalue weighted by molar-refractivity contribution is 7.80. The van der Waals surface area contributed by atoms with Crippen molar-refractivity contribution < 1.29 is 4.74 Å². The van der Waals surface area contributed by atoms with E-state index in [0.717, 1.165) is 17.9 Å². The molecular weight excluding hydrogens is 270 g/mol. The highest BCUT2D eigenvalue weighted by Gasteiger charge is 2.15. The fourth-order valence-corrected chi connectivity index (χ4v) is 2.46. The van der Waals surface area contributed by atoms with E-state index in [9.17, 15) is 0 Å². The minimum Gasteiger partial charge on any atom is -0.497 e. The van der Waals surface area contributed by atoms with Gasteiger partial charge in [0.1, 0.15) is 5.75 Å². The fourth-order valence-electron chi connectivity index (χ4n) is 2.29. The molecule has 0 unspecified atom stereocenters. The van der Waals surface area contributed by atoms with Gasteiger partial charge in [-0.15, -0.1) is 0 Å². The zero-order chi connectivity index (χ0) is 14.4. The van der Waals surface area contributed by atoms with Crippen molar-refractivity contribution in [3.8, 4) is 5.75 Å². The first kappa shape index (κ1) is 14.8. The van der Waals surface area contributed by atoms with Crippen LogP contribution in [0.3, 0.4) is 0 Å². The average molecular weight is 291 g/mol. The summed E-state index contributed by atoms with van der Waals surface area (Å²) >= 11 is 5.24. The molecule has 0 aromatic heterocycles. The number of ether oxygens (including phenoxy) is 1. The molecule has 1 atom stereocenters. The average Bonchev–Trinajstić information content (AvgIpc) is 2.47. The smallest absolute Gasteiger partial charge is 0.191 e. The monoisotopic (exact) mass is 291 g/mol. The zero-order valence-electron chi connectivity index (χ0n) is 12.0. The minimum absolute atomic E-state index is 0.514. The van der Waals surface area contributed by atoms with Crippen molar-refractivity contribution in [2.75, 3.05) is 12.4 Å². The Morgan fingerprint density at radius 2 is 2.05 bits per heavy atom. The number of nitrogens with zero attached hydrogens (tertiary/aromatic N) is 1. The van der Waals surface area contributed by atoms with Crippen molar-refractivity contribution in [1.82, 2.24) is 5.43 Å². The second-order valence-corrected chi connectivity index (χ2v) is 5.45. The van der Waals surface area contributed by atoms with Crippen LogP contribution in [0.1, 0.15) is 32.6 Å². The Kier molecular flexibility index (Phi) is 5.35. The Labute approximate surface area is 125 Å². The fraction of sp³-hybridized carbons (Fsp3) is 0.467. The molecule has 1 aromatic carbocycles. The Morgan fingerprint density at radius 1 is 1.30 bits per heavy atom. The lowest BCUT2D eigenvalue weighted by Crippen LogP contribution is -2.27. The van der Waals surface area contributed by atoms with E-state index in [0.29, 0.717) is 11.0 Å². The van der Waals surface area contributed by atoms with Crippen molar-refractivity contribution in [1.29, 1.82) is 0 Å². The van der Waals surface area contributed by atoms with Gasteiger partial charge in [0.25, 0.3) is 0 Å². The third kappa shape index (κ3) is 4.20. The molecule has 1 aliphatic carbocycles. The van der Waals surface area contributed by atoms with Crippen LogP contribution in [0.15, 0.2) is 29.4 Å². The van der Waals surface area contributed by atoms with E-state index in [1.807, 2.05) is 24.3 Å². The number of methoxy groups -OCH3 is 1. The molecule has 0 amide bonds. The number of benzene rings is 1. The third-order valence-corrected chi connectivity index (χ3v) is 3.73. The number of hydrogen-bond donors (Lipinski definition) is 2. The molecule has 1 saturated carbocycles. The van der Waals surface area contributed by atoms with Crippen LogP contribution in [0.2, 0.25) is 0 Å². The maximum Gasteiger partial charge on any atom is 0.191 e. The Balaban J connectivity index is 1.86. The molecule has 4 nitrogen and oxygen atoms in total. The van der Waals surface area contributed by atoms with Crippen molar-refractivity contribution in [3.63, 3.8) is 0 Å². The molecule has 1 aromatic rings. The summed E-state index contributed by atoms with van der Waals surface area (Å²) in [6, 6.07) is 7.62. The predicted octanol–water partition coefficient (Wildman–Crippen LogP) is 3.55. The highest BCUT2D eigenvalue weighted by atomic mass is 32.1. The number of rotatable bonds is 3. The summed E-state index contributed by atoms with van der Waals surface area (Å²) in [5.74, 6) is 1.38. The van der Waals surface area contributed by atoms with E-state index in [2.05, 4.69) is 22.8 Å². The second-order valence-electron chi connectivity index (χ2n) is 5.04. The van der Waals surface area contributed by atoms with Crippen LogP contribution in [0.25, 0.3) is 0 Å². The Bertz CT molecular complexity index is 484. The predicted molar refractivity (Wildman–Crippen MR) is 87.4 cm³/mol. The Morgan fingerprint density at radius 3 is 2.70 bits per heavy atom. The lowest BCUT2D eigenvalue weighted by Gasteiger charge is -2.20. The van der Waals surface area contributed by atoms with Gasteiger partial charge in [0.05, 0.1) is 7.11 Å². The summed E-state index contributed by atoms with van der Waals surface area (Å²) < 4.78 is 5.11. The van der Waals surface area contributed by atoms with E-state index in [1.54, 1.807) is 7.11 Å². The lowest BCUT2D eigenvalue weighted by atomic mass is 9.89. The molecule has 108 valence electrons. The molecule has 0 bridgehead atoms. The van der Waals surface area contributed by atoms with Crippen LogP contribution in [-0.2, 0) is 0 Å². The Hall–Kier alpha value is -1.62. The SMILES string of the molecule is COc1ccc(NC(=S)NN=C2CCCC[C@@H]2C)cc1. The first-order chi connectivity index (χ1) is 9.69. The summed E-state index contributed by atoms with van der Waals surface area (Å²) in [5, 5.41) is 8.05. The van der Waals surface area contributed by atoms with Crippen molar-refractivity contribution >= 4 is 28.7 Å². The molecule has 0 spiro atoms. The van der Waals surface area contributed by atoms with Crippen LogP contribution in [0, 0.1) is 5.92 Å². The quantitative estimate of drug-likeness (QED) is 0.660. The normalized spacial score (nSPS) is 20.5. The molecule has 0 saturated heterocycles. The van der Waals surface area contributed by atoms with E-state index in [1.165, 1.54) is 25.0 Å². The summed E-state index contributed by atoms with van der Waals surface area (Å²) in [7, 11) is 1.65. The van der Waals surface area contributed by atoms with Crippen LogP contribution in [-0.4, -0.2) is 17.9 Å². The van der Waals surface area contributed by atoms with Crippen LogP contribution >= 0.6 is 12.2 Å². The summed E-state index contributed by atoms with van der Waals surface area (Å²) in [6.07, 6.45) is 4.82. The van der Waals surface area contributed by atoms with Gasteiger partial charge in [0.15, 0.2) is 5.11 Å².